The lowest BCUT2D eigenvalue weighted by atomic mass is 9.85. The van der Waals surface area contributed by atoms with Crippen LogP contribution in [0.1, 0.15) is 160 Å². The van der Waals surface area contributed by atoms with Crippen molar-refractivity contribution < 1.29 is 23.9 Å². The summed E-state index contributed by atoms with van der Waals surface area (Å²) in [5, 5.41) is 5.65. The van der Waals surface area contributed by atoms with Crippen LogP contribution in [0.5, 0.6) is 0 Å². The van der Waals surface area contributed by atoms with E-state index >= 15 is 0 Å². The number of esters is 2. The number of hydrogen-bond acceptors (Lipinski definition) is 6. The van der Waals surface area contributed by atoms with Gasteiger partial charge in [0.05, 0.1) is 12.8 Å². The van der Waals surface area contributed by atoms with Crippen LogP contribution in [0.4, 0.5) is 0 Å². The van der Waals surface area contributed by atoms with Gasteiger partial charge in [-0.1, -0.05) is 84.4 Å². The molecule has 4 N–H and O–H groups in total. The molecule has 2 aliphatic heterocycles. The Hall–Kier alpha value is -5.05. The molecule has 0 radical (unpaired) electrons. The second kappa shape index (κ2) is 18.9. The van der Waals surface area contributed by atoms with E-state index in [2.05, 4.69) is 93.5 Å². The molecule has 1 fully saturated rings. The van der Waals surface area contributed by atoms with Crippen LogP contribution < -0.4 is 16.0 Å². The molecule has 316 valence electrons. The number of aromatic nitrogens is 3. The first-order chi connectivity index (χ1) is 28.3. The number of rotatable bonds is 17. The highest BCUT2D eigenvalue weighted by molar-refractivity contribution is 6.24. The fourth-order valence-electron chi connectivity index (χ4n) is 9.52. The lowest BCUT2D eigenvalue weighted by Gasteiger charge is -2.19. The second-order valence-corrected chi connectivity index (χ2v) is 17.2. The fourth-order valence-corrected chi connectivity index (χ4v) is 9.52. The van der Waals surface area contributed by atoms with Crippen molar-refractivity contribution in [2.75, 3.05) is 13.7 Å². The van der Waals surface area contributed by atoms with Crippen LogP contribution in [0, 0.1) is 44.4 Å². The molecule has 0 spiro atoms. The largest absolute Gasteiger partial charge is 0.468 e. The quantitative estimate of drug-likeness (QED) is 0.0466. The Labute approximate surface area is 350 Å². The van der Waals surface area contributed by atoms with Gasteiger partial charge in [0.2, 0.25) is 0 Å². The summed E-state index contributed by atoms with van der Waals surface area (Å²) < 4.78 is 11.1. The lowest BCUT2D eigenvalue weighted by Crippen LogP contribution is -2.25. The third kappa shape index (κ3) is 8.95. The van der Waals surface area contributed by atoms with Crippen molar-refractivity contribution in [1.29, 1.82) is 0 Å². The monoisotopic (exact) mass is 803 g/mol. The van der Waals surface area contributed by atoms with Crippen molar-refractivity contribution in [3.63, 3.8) is 0 Å². The summed E-state index contributed by atoms with van der Waals surface area (Å²) in [6.07, 6.45) is 21.6. The number of nitrogens with one attached hydrogen (secondary N) is 4. The predicted molar refractivity (Wildman–Crippen MR) is 239 cm³/mol. The van der Waals surface area contributed by atoms with Gasteiger partial charge in [-0.25, -0.2) is 0 Å². The minimum Gasteiger partial charge on any atom is -0.468 e. The fraction of sp³-hybridized carbons (Fsp3) is 0.500. The summed E-state index contributed by atoms with van der Waals surface area (Å²) in [7, 11) is 1.32. The first-order valence-corrected chi connectivity index (χ1v) is 22.0. The number of Topliss-reactive ketones (excluding diaryl/α,β-unsaturated/α-hetero) is 1. The van der Waals surface area contributed by atoms with Crippen molar-refractivity contribution >= 4 is 47.6 Å². The average Bonchev–Trinajstić information content (AvgIpc) is 3.95. The van der Waals surface area contributed by atoms with E-state index in [0.29, 0.717) is 23.3 Å². The van der Waals surface area contributed by atoms with E-state index < -0.39 is 11.9 Å². The molecule has 9 nitrogen and oxygen atoms in total. The number of aromatic amines is 3. The zero-order valence-corrected chi connectivity index (χ0v) is 36.9. The third-order valence-electron chi connectivity index (χ3n) is 13.2. The Bertz CT molecular complexity index is 2320. The van der Waals surface area contributed by atoms with Crippen molar-refractivity contribution in [3.8, 4) is 0 Å². The van der Waals surface area contributed by atoms with E-state index in [0.717, 1.165) is 86.6 Å². The van der Waals surface area contributed by atoms with Gasteiger partial charge in [-0.15, -0.1) is 0 Å². The molecule has 3 aromatic rings. The molecule has 0 saturated carbocycles. The number of ether oxygens (including phenoxy) is 2. The maximum absolute atomic E-state index is 14.4. The Morgan fingerprint density at radius 3 is 2.34 bits per heavy atom. The van der Waals surface area contributed by atoms with Gasteiger partial charge in [0, 0.05) is 74.1 Å². The van der Waals surface area contributed by atoms with Crippen LogP contribution in [0.3, 0.4) is 0 Å². The Morgan fingerprint density at radius 1 is 0.898 bits per heavy atom. The number of unbranched alkanes of at least 4 members (excludes halogenated alkanes) is 3. The highest BCUT2D eigenvalue weighted by Crippen LogP contribution is 2.48. The minimum atomic E-state index is -1.14. The van der Waals surface area contributed by atoms with Gasteiger partial charge in [0.25, 0.3) is 0 Å². The number of fused-ring (bicyclic) bond motifs is 7. The van der Waals surface area contributed by atoms with Crippen LogP contribution in [-0.2, 0) is 25.5 Å². The first kappa shape index (κ1) is 43.5. The molecule has 59 heavy (non-hydrogen) atoms. The lowest BCUT2D eigenvalue weighted by molar-refractivity contribution is -0.143. The third-order valence-corrected chi connectivity index (χ3v) is 13.2. The summed E-state index contributed by atoms with van der Waals surface area (Å²) in [5.41, 5.74) is 12.5. The summed E-state index contributed by atoms with van der Waals surface area (Å²) in [5.74, 6) is -1.87. The molecule has 9 heteroatoms. The maximum Gasteiger partial charge on any atom is 0.321 e. The van der Waals surface area contributed by atoms with Gasteiger partial charge in [-0.2, -0.15) is 0 Å². The van der Waals surface area contributed by atoms with Gasteiger partial charge in [0.15, 0.2) is 5.78 Å². The van der Waals surface area contributed by atoms with E-state index in [1.807, 2.05) is 19.1 Å². The van der Waals surface area contributed by atoms with E-state index in [4.69, 9.17) is 9.47 Å². The highest BCUT2D eigenvalue weighted by Gasteiger charge is 2.48. The molecule has 8 bridgehead atoms. The van der Waals surface area contributed by atoms with Crippen molar-refractivity contribution in [2.45, 2.75) is 126 Å². The van der Waals surface area contributed by atoms with Crippen LogP contribution in [0.2, 0.25) is 0 Å². The van der Waals surface area contributed by atoms with E-state index in [1.165, 1.54) is 56.8 Å². The van der Waals surface area contributed by atoms with Crippen molar-refractivity contribution in [2.24, 2.45) is 23.7 Å². The molecule has 6 rings (SSSR count). The van der Waals surface area contributed by atoms with Crippen LogP contribution in [-0.4, -0.2) is 46.4 Å². The van der Waals surface area contributed by atoms with Gasteiger partial charge in [-0.05, 0) is 106 Å². The molecular formula is C50H66N4O5. The minimum absolute atomic E-state index is 0.0843. The first-order valence-electron chi connectivity index (χ1n) is 22.0. The van der Waals surface area contributed by atoms with Crippen molar-refractivity contribution in [3.05, 3.63) is 96.5 Å². The van der Waals surface area contributed by atoms with Gasteiger partial charge >= 0.3 is 11.9 Å². The SMILES string of the molecule is C=Cc1c2[nH]c(c1C)/C=C1\N/C(=C3\c4[nH]c(c(C)c4C(=O)[C@@H]3C(=O)OC)/C=c3\[nH]/c(c(C)c3CC)=C\2)[C@@H](CCC(=O)OC/C=C(\C)CCC[C@H](C)CCCCCC)[C@@H]1C. The average molecular weight is 803 g/mol. The number of allylic oxidation sites excluding steroid dienone is 3. The molecule has 3 aromatic heterocycles. The highest BCUT2D eigenvalue weighted by atomic mass is 16.5. The topological polar surface area (TPSA) is 129 Å². The number of hydrogen-bond donors (Lipinski definition) is 4. The van der Waals surface area contributed by atoms with Gasteiger partial charge in [-0.3, -0.25) is 14.4 Å². The van der Waals surface area contributed by atoms with Gasteiger partial charge < -0.3 is 29.7 Å². The molecule has 5 heterocycles. The van der Waals surface area contributed by atoms with Crippen LogP contribution in [0.25, 0.3) is 29.9 Å². The van der Waals surface area contributed by atoms with Crippen LogP contribution in [0.15, 0.2) is 29.6 Å². The molecule has 4 atom stereocenters. The molecule has 0 amide bonds. The van der Waals surface area contributed by atoms with Crippen molar-refractivity contribution in [1.82, 2.24) is 20.3 Å². The Morgan fingerprint density at radius 2 is 1.63 bits per heavy atom. The number of H-pyrrole nitrogens is 3. The molecule has 1 saturated heterocycles. The summed E-state index contributed by atoms with van der Waals surface area (Å²) in [4.78, 5) is 52.2. The van der Waals surface area contributed by atoms with E-state index in [1.54, 1.807) is 0 Å². The summed E-state index contributed by atoms with van der Waals surface area (Å²) in [6.45, 7) is 21.5. The Balaban J connectivity index is 1.33. The Kier molecular flexibility index (Phi) is 13.9. The van der Waals surface area contributed by atoms with E-state index in [-0.39, 0.29) is 36.6 Å². The second-order valence-electron chi connectivity index (χ2n) is 17.2. The number of carbonyl (C=O) groups excluding carboxylic acids is 3. The normalized spacial score (nSPS) is 22.2. The summed E-state index contributed by atoms with van der Waals surface area (Å²) in [6, 6.07) is 0. The molecule has 0 unspecified atom stereocenters. The molecule has 3 aliphatic rings. The van der Waals surface area contributed by atoms with Gasteiger partial charge in [0.1, 0.15) is 12.5 Å². The molecular weight excluding hydrogens is 737 g/mol. The van der Waals surface area contributed by atoms with E-state index in [9.17, 15) is 14.4 Å². The maximum atomic E-state index is 14.4. The molecule has 0 aromatic carbocycles. The zero-order chi connectivity index (χ0) is 42.5. The standard InChI is InChI=1S/C50H66N4O5/c1-11-14-15-16-18-28(4)19-17-20-29(5)23-24-59-43(55)22-21-36-32(8)39-25-37-30(6)34(12-2)41(51-37)26-38-31(7)35(13-3)42(52-38)27-40-33(9)44-48(54-40)45(47(36)53-39)46(49(44)56)50(57)58-10/h12,23,25-28,32,36,46,51-54H,2,11,13-22,24H2,1,3-10H3/b29-23+,38-26-,39-25-,42-27-,47-45-/t28-,32+,36+,46-/m1/s1. The zero-order valence-electron chi connectivity index (χ0n) is 36.9. The molecule has 1 aliphatic carbocycles. The smallest absolute Gasteiger partial charge is 0.321 e. The predicted octanol–water partition coefficient (Wildman–Crippen LogP) is 9.41. The number of methoxy groups -OCH3 is 1. The number of ketones is 1. The summed E-state index contributed by atoms with van der Waals surface area (Å²) >= 11 is 0. The number of carbonyl (C=O) groups is 3. The van der Waals surface area contributed by atoms with Crippen LogP contribution >= 0.6 is 0 Å².